The van der Waals surface area contributed by atoms with E-state index in [1.807, 2.05) is 0 Å². The predicted molar refractivity (Wildman–Crippen MR) is 93.0 cm³/mol. The topological polar surface area (TPSA) is 40.5 Å². The molecule has 2 aromatic carbocycles. The van der Waals surface area contributed by atoms with E-state index in [9.17, 15) is 4.79 Å². The van der Waals surface area contributed by atoms with Crippen molar-refractivity contribution in [3.05, 3.63) is 65.2 Å². The molecule has 1 aliphatic rings. The van der Waals surface area contributed by atoms with Crippen molar-refractivity contribution in [1.29, 1.82) is 0 Å². The lowest BCUT2D eigenvalue weighted by molar-refractivity contribution is -0.137. The fourth-order valence-corrected chi connectivity index (χ4v) is 3.42. The number of hydrogen-bond donors (Lipinski definition) is 1. The molecule has 1 N–H and O–H groups in total. The van der Waals surface area contributed by atoms with E-state index in [2.05, 4.69) is 60.4 Å². The molecule has 23 heavy (non-hydrogen) atoms. The number of benzene rings is 2. The van der Waals surface area contributed by atoms with E-state index in [4.69, 9.17) is 5.11 Å². The third-order valence-corrected chi connectivity index (χ3v) is 4.71. The van der Waals surface area contributed by atoms with Crippen LogP contribution in [0.3, 0.4) is 0 Å². The van der Waals surface area contributed by atoms with Crippen LogP contribution in [0.2, 0.25) is 0 Å². The third kappa shape index (κ3) is 3.73. The van der Waals surface area contributed by atoms with E-state index in [1.165, 1.54) is 16.7 Å². The predicted octanol–water partition coefficient (Wildman–Crippen LogP) is 4.03. The quantitative estimate of drug-likeness (QED) is 0.906. The van der Waals surface area contributed by atoms with Crippen molar-refractivity contribution in [2.24, 2.45) is 0 Å². The zero-order valence-electron chi connectivity index (χ0n) is 13.5. The molecule has 1 aliphatic heterocycles. The lowest BCUT2D eigenvalue weighted by atomic mass is 10.0. The molecule has 3 nitrogen and oxygen atoms in total. The van der Waals surface area contributed by atoms with Crippen molar-refractivity contribution >= 4 is 11.7 Å². The summed E-state index contributed by atoms with van der Waals surface area (Å²) in [7, 11) is 0. The number of hydrogen-bond acceptors (Lipinski definition) is 2. The van der Waals surface area contributed by atoms with E-state index < -0.39 is 5.97 Å². The van der Waals surface area contributed by atoms with Gasteiger partial charge in [-0.25, -0.2) is 0 Å². The van der Waals surface area contributed by atoms with Gasteiger partial charge in [0, 0.05) is 18.3 Å². The van der Waals surface area contributed by atoms with E-state index in [0.29, 0.717) is 0 Å². The van der Waals surface area contributed by atoms with Crippen molar-refractivity contribution in [2.45, 2.75) is 38.6 Å². The molecule has 0 saturated carbocycles. The highest BCUT2D eigenvalue weighted by molar-refractivity contribution is 5.69. The number of aliphatic carboxylic acids is 1. The van der Waals surface area contributed by atoms with Crippen molar-refractivity contribution in [2.75, 3.05) is 11.4 Å². The number of carboxylic acids is 1. The first-order valence-corrected chi connectivity index (χ1v) is 8.25. The lowest BCUT2D eigenvalue weighted by Crippen LogP contribution is -2.31. The minimum atomic E-state index is -0.710. The fraction of sp³-hybridized carbons (Fsp3) is 0.350. The molecule has 0 bridgehead atoms. The Balaban J connectivity index is 1.72. The van der Waals surface area contributed by atoms with Crippen LogP contribution in [-0.2, 0) is 11.2 Å². The van der Waals surface area contributed by atoms with Gasteiger partial charge < -0.3 is 10.0 Å². The zero-order valence-corrected chi connectivity index (χ0v) is 13.5. The Hall–Kier alpha value is -2.29. The van der Waals surface area contributed by atoms with Crippen LogP contribution in [0.4, 0.5) is 5.69 Å². The Labute approximate surface area is 137 Å². The molecule has 3 rings (SSSR count). The molecule has 1 saturated heterocycles. The number of rotatable bonds is 5. The molecular weight excluding hydrogens is 286 g/mol. The van der Waals surface area contributed by atoms with Gasteiger partial charge in [-0.05, 0) is 55.0 Å². The van der Waals surface area contributed by atoms with Gasteiger partial charge in [-0.1, -0.05) is 36.4 Å². The summed E-state index contributed by atoms with van der Waals surface area (Å²) in [4.78, 5) is 13.2. The van der Waals surface area contributed by atoms with Crippen LogP contribution in [0.5, 0.6) is 0 Å². The van der Waals surface area contributed by atoms with E-state index >= 15 is 0 Å². The van der Waals surface area contributed by atoms with Crippen LogP contribution in [0.1, 0.15) is 36.0 Å². The Bertz CT molecular complexity index is 678. The average Bonchev–Trinajstić information content (AvgIpc) is 2.98. The molecule has 1 heterocycles. The van der Waals surface area contributed by atoms with Gasteiger partial charge in [0.15, 0.2) is 0 Å². The molecule has 120 valence electrons. The Morgan fingerprint density at radius 2 is 1.91 bits per heavy atom. The Morgan fingerprint density at radius 1 is 1.17 bits per heavy atom. The lowest BCUT2D eigenvalue weighted by Gasteiger charge is -2.26. The first kappa shape index (κ1) is 15.6. The molecule has 1 atom stereocenters. The molecule has 0 aliphatic carbocycles. The summed E-state index contributed by atoms with van der Waals surface area (Å²) in [5.41, 5.74) is 5.10. The van der Waals surface area contributed by atoms with Gasteiger partial charge in [0.05, 0.1) is 6.42 Å². The van der Waals surface area contributed by atoms with Crippen LogP contribution in [0.25, 0.3) is 0 Å². The van der Waals surface area contributed by atoms with Crippen LogP contribution in [0.15, 0.2) is 48.5 Å². The van der Waals surface area contributed by atoms with Crippen LogP contribution < -0.4 is 4.90 Å². The van der Waals surface area contributed by atoms with Crippen LogP contribution >= 0.6 is 0 Å². The van der Waals surface area contributed by atoms with Gasteiger partial charge in [0.1, 0.15) is 0 Å². The standard InChI is InChI=1S/C20H23NO2/c1-15-5-2-3-6-17(15)13-16-8-10-18(11-9-16)21-12-4-7-19(21)14-20(22)23/h2-3,5-6,8-11,19H,4,7,12-14H2,1H3,(H,22,23)/t19-/m0/s1. The maximum Gasteiger partial charge on any atom is 0.305 e. The smallest absolute Gasteiger partial charge is 0.305 e. The summed E-state index contributed by atoms with van der Waals surface area (Å²) in [5, 5.41) is 9.05. The molecule has 1 fully saturated rings. The molecule has 0 unspecified atom stereocenters. The summed E-state index contributed by atoms with van der Waals surface area (Å²) in [6.45, 7) is 3.10. The first-order valence-electron chi connectivity index (χ1n) is 8.25. The number of aryl methyl sites for hydroxylation is 1. The highest BCUT2D eigenvalue weighted by Crippen LogP contribution is 2.28. The van der Waals surface area contributed by atoms with Gasteiger partial charge >= 0.3 is 5.97 Å². The molecule has 3 heteroatoms. The van der Waals surface area contributed by atoms with Crippen LogP contribution in [0, 0.1) is 6.92 Å². The minimum Gasteiger partial charge on any atom is -0.481 e. The normalized spacial score (nSPS) is 17.4. The SMILES string of the molecule is Cc1ccccc1Cc1ccc(N2CCC[C@H]2CC(=O)O)cc1. The second-order valence-electron chi connectivity index (χ2n) is 6.36. The summed E-state index contributed by atoms with van der Waals surface area (Å²) in [6, 6.07) is 17.2. The summed E-state index contributed by atoms with van der Waals surface area (Å²) >= 11 is 0. The van der Waals surface area contributed by atoms with Gasteiger partial charge in [0.25, 0.3) is 0 Å². The minimum absolute atomic E-state index is 0.134. The number of carbonyl (C=O) groups is 1. The Morgan fingerprint density at radius 3 is 2.61 bits per heavy atom. The van der Waals surface area contributed by atoms with Crippen LogP contribution in [-0.4, -0.2) is 23.7 Å². The van der Waals surface area contributed by atoms with Crippen molar-refractivity contribution in [1.82, 2.24) is 0 Å². The monoisotopic (exact) mass is 309 g/mol. The molecule has 2 aromatic rings. The molecule has 0 amide bonds. The summed E-state index contributed by atoms with van der Waals surface area (Å²) in [6.07, 6.45) is 3.20. The Kier molecular flexibility index (Phi) is 4.65. The molecule has 0 spiro atoms. The van der Waals surface area contributed by atoms with Gasteiger partial charge in [-0.15, -0.1) is 0 Å². The fourth-order valence-electron chi connectivity index (χ4n) is 3.42. The van der Waals surface area contributed by atoms with Crippen molar-refractivity contribution in [3.63, 3.8) is 0 Å². The number of carboxylic acid groups (broad SMARTS) is 1. The zero-order chi connectivity index (χ0) is 16.2. The first-order chi connectivity index (χ1) is 11.1. The second kappa shape index (κ2) is 6.86. The third-order valence-electron chi connectivity index (χ3n) is 4.71. The maximum absolute atomic E-state index is 11.0. The summed E-state index contributed by atoms with van der Waals surface area (Å²) in [5.74, 6) is -0.710. The van der Waals surface area contributed by atoms with E-state index in [1.54, 1.807) is 0 Å². The number of anilines is 1. The molecule has 0 aromatic heterocycles. The van der Waals surface area contributed by atoms with Gasteiger partial charge in [-0.3, -0.25) is 4.79 Å². The summed E-state index contributed by atoms with van der Waals surface area (Å²) < 4.78 is 0. The largest absolute Gasteiger partial charge is 0.481 e. The van der Waals surface area contributed by atoms with E-state index in [0.717, 1.165) is 31.5 Å². The van der Waals surface area contributed by atoms with Gasteiger partial charge in [-0.2, -0.15) is 0 Å². The van der Waals surface area contributed by atoms with Crippen molar-refractivity contribution in [3.8, 4) is 0 Å². The van der Waals surface area contributed by atoms with Crippen molar-refractivity contribution < 1.29 is 9.90 Å². The molecule has 0 radical (unpaired) electrons. The highest BCUT2D eigenvalue weighted by Gasteiger charge is 2.26. The molecular formula is C20H23NO2. The second-order valence-corrected chi connectivity index (χ2v) is 6.36. The average molecular weight is 309 g/mol. The van der Waals surface area contributed by atoms with E-state index in [-0.39, 0.29) is 12.5 Å². The number of nitrogens with zero attached hydrogens (tertiary/aromatic N) is 1. The maximum atomic E-state index is 11.0. The highest BCUT2D eigenvalue weighted by atomic mass is 16.4. The van der Waals surface area contributed by atoms with Gasteiger partial charge in [0.2, 0.25) is 0 Å².